The molecule has 1 aliphatic rings. The molecule has 1 aliphatic heterocycles. The maximum absolute atomic E-state index is 13.6. The number of sulfonamides is 1. The first-order valence-corrected chi connectivity index (χ1v) is 8.66. The van der Waals surface area contributed by atoms with E-state index in [2.05, 4.69) is 9.62 Å². The number of hydrogen-bond donors (Lipinski definition) is 2. The molecular formula is C14H22FN3O2S. The minimum atomic E-state index is -3.72. The molecule has 0 aromatic heterocycles. The number of hydrogen-bond acceptors (Lipinski definition) is 4. The van der Waals surface area contributed by atoms with Crippen LogP contribution < -0.4 is 10.5 Å². The predicted octanol–water partition coefficient (Wildman–Crippen LogP) is 1.48. The number of nitrogens with zero attached hydrogens (tertiary/aromatic N) is 1. The molecule has 7 heteroatoms. The standard InChI is InChI=1S/C14H22FN3O2S/c1-11-13(15)9-12(16)10-14(11)21(19,20)17-5-4-8-18-6-2-3-7-18/h9-10,17H,2-8,16H2,1H3. The number of halogens is 1. The molecule has 0 bridgehead atoms. The van der Waals surface area contributed by atoms with Gasteiger partial charge in [0.25, 0.3) is 0 Å². The first-order chi connectivity index (χ1) is 9.90. The van der Waals surface area contributed by atoms with Gasteiger partial charge in [0.2, 0.25) is 10.0 Å². The second-order valence-electron chi connectivity index (χ2n) is 5.43. The van der Waals surface area contributed by atoms with Crippen molar-refractivity contribution >= 4 is 15.7 Å². The van der Waals surface area contributed by atoms with Crippen molar-refractivity contribution in [2.75, 3.05) is 31.9 Å². The molecule has 3 N–H and O–H groups in total. The molecule has 118 valence electrons. The van der Waals surface area contributed by atoms with Crippen molar-refractivity contribution in [1.82, 2.24) is 9.62 Å². The maximum atomic E-state index is 13.6. The highest BCUT2D eigenvalue weighted by atomic mass is 32.2. The Morgan fingerprint density at radius 1 is 1.33 bits per heavy atom. The smallest absolute Gasteiger partial charge is 0.241 e. The third kappa shape index (κ3) is 4.15. The summed E-state index contributed by atoms with van der Waals surface area (Å²) in [7, 11) is -3.72. The molecular weight excluding hydrogens is 293 g/mol. The monoisotopic (exact) mass is 315 g/mol. The molecule has 21 heavy (non-hydrogen) atoms. The van der Waals surface area contributed by atoms with Gasteiger partial charge in [0, 0.05) is 17.8 Å². The first-order valence-electron chi connectivity index (χ1n) is 7.18. The van der Waals surface area contributed by atoms with Crippen molar-refractivity contribution in [2.45, 2.75) is 31.1 Å². The zero-order chi connectivity index (χ0) is 15.5. The van der Waals surface area contributed by atoms with E-state index in [4.69, 9.17) is 5.73 Å². The number of nitrogens with two attached hydrogens (primary N) is 1. The molecule has 0 atom stereocenters. The molecule has 1 fully saturated rings. The number of nitrogens with one attached hydrogen (secondary N) is 1. The third-order valence-corrected chi connectivity index (χ3v) is 5.34. The Morgan fingerprint density at radius 3 is 2.67 bits per heavy atom. The zero-order valence-corrected chi connectivity index (χ0v) is 13.0. The van der Waals surface area contributed by atoms with Crippen LogP contribution in [0.25, 0.3) is 0 Å². The van der Waals surface area contributed by atoms with E-state index in [1.165, 1.54) is 25.8 Å². The lowest BCUT2D eigenvalue weighted by Gasteiger charge is -2.15. The van der Waals surface area contributed by atoms with Crippen LogP contribution in [0, 0.1) is 12.7 Å². The zero-order valence-electron chi connectivity index (χ0n) is 12.2. The lowest BCUT2D eigenvalue weighted by atomic mass is 10.2. The van der Waals surface area contributed by atoms with E-state index in [1.54, 1.807) is 0 Å². The Balaban J connectivity index is 1.95. The minimum absolute atomic E-state index is 0.0822. The Kier molecular flexibility index (Phi) is 5.18. The van der Waals surface area contributed by atoms with Crippen LogP contribution in [-0.4, -0.2) is 39.5 Å². The van der Waals surface area contributed by atoms with E-state index in [9.17, 15) is 12.8 Å². The number of benzene rings is 1. The molecule has 0 unspecified atom stereocenters. The summed E-state index contributed by atoms with van der Waals surface area (Å²) in [5.74, 6) is -0.604. The summed E-state index contributed by atoms with van der Waals surface area (Å²) in [4.78, 5) is 2.24. The average molecular weight is 315 g/mol. The van der Waals surface area contributed by atoms with Gasteiger partial charge in [-0.2, -0.15) is 0 Å². The first kappa shape index (κ1) is 16.2. The van der Waals surface area contributed by atoms with Crippen LogP contribution in [0.5, 0.6) is 0 Å². The molecule has 1 heterocycles. The number of anilines is 1. The quantitative estimate of drug-likeness (QED) is 0.616. The Morgan fingerprint density at radius 2 is 2.00 bits per heavy atom. The predicted molar refractivity (Wildman–Crippen MR) is 81.0 cm³/mol. The van der Waals surface area contributed by atoms with Gasteiger partial charge in [0.1, 0.15) is 5.82 Å². The van der Waals surface area contributed by atoms with Crippen molar-refractivity contribution in [1.29, 1.82) is 0 Å². The van der Waals surface area contributed by atoms with Crippen LogP contribution in [0.15, 0.2) is 17.0 Å². The van der Waals surface area contributed by atoms with Gasteiger partial charge in [-0.05, 0) is 58.0 Å². The average Bonchev–Trinajstić information content (AvgIpc) is 2.92. The van der Waals surface area contributed by atoms with Crippen molar-refractivity contribution < 1.29 is 12.8 Å². The summed E-state index contributed by atoms with van der Waals surface area (Å²) >= 11 is 0. The summed E-state index contributed by atoms with van der Waals surface area (Å²) in [5.41, 5.74) is 5.72. The lowest BCUT2D eigenvalue weighted by Crippen LogP contribution is -2.29. The van der Waals surface area contributed by atoms with E-state index < -0.39 is 15.8 Å². The highest BCUT2D eigenvalue weighted by molar-refractivity contribution is 7.89. The van der Waals surface area contributed by atoms with Crippen molar-refractivity contribution in [3.05, 3.63) is 23.5 Å². The summed E-state index contributed by atoms with van der Waals surface area (Å²) < 4.78 is 40.5. The van der Waals surface area contributed by atoms with Gasteiger partial charge in [-0.3, -0.25) is 0 Å². The summed E-state index contributed by atoms with van der Waals surface area (Å²) in [6.07, 6.45) is 3.17. The van der Waals surface area contributed by atoms with E-state index in [1.807, 2.05) is 0 Å². The molecule has 1 aromatic carbocycles. The summed E-state index contributed by atoms with van der Waals surface area (Å²) in [5, 5.41) is 0. The molecule has 0 amide bonds. The fourth-order valence-electron chi connectivity index (χ4n) is 2.55. The highest BCUT2D eigenvalue weighted by Gasteiger charge is 2.19. The minimum Gasteiger partial charge on any atom is -0.399 e. The third-order valence-electron chi connectivity index (χ3n) is 3.75. The van der Waals surface area contributed by atoms with Crippen molar-refractivity contribution in [3.8, 4) is 0 Å². The Labute approximate surface area is 125 Å². The summed E-state index contributed by atoms with van der Waals surface area (Å²) in [6.45, 7) is 4.84. The van der Waals surface area contributed by atoms with Gasteiger partial charge in [-0.1, -0.05) is 0 Å². The normalized spacial score (nSPS) is 16.5. The molecule has 1 saturated heterocycles. The molecule has 1 aromatic rings. The van der Waals surface area contributed by atoms with Crippen LogP contribution in [0.1, 0.15) is 24.8 Å². The van der Waals surface area contributed by atoms with E-state index in [0.29, 0.717) is 6.54 Å². The molecule has 0 aliphatic carbocycles. The van der Waals surface area contributed by atoms with Crippen LogP contribution in [0.2, 0.25) is 0 Å². The second-order valence-corrected chi connectivity index (χ2v) is 7.16. The van der Waals surface area contributed by atoms with E-state index >= 15 is 0 Å². The fourth-order valence-corrected chi connectivity index (χ4v) is 3.91. The SMILES string of the molecule is Cc1c(F)cc(N)cc1S(=O)(=O)NCCCN1CCCC1. The van der Waals surface area contributed by atoms with Crippen LogP contribution in [0.3, 0.4) is 0 Å². The van der Waals surface area contributed by atoms with Gasteiger partial charge in [0.15, 0.2) is 0 Å². The van der Waals surface area contributed by atoms with Crippen LogP contribution >= 0.6 is 0 Å². The van der Waals surface area contributed by atoms with E-state index in [-0.39, 0.29) is 16.1 Å². The molecule has 0 spiro atoms. The maximum Gasteiger partial charge on any atom is 0.241 e. The van der Waals surface area contributed by atoms with Crippen LogP contribution in [0.4, 0.5) is 10.1 Å². The highest BCUT2D eigenvalue weighted by Crippen LogP contribution is 2.21. The fraction of sp³-hybridized carbons (Fsp3) is 0.571. The van der Waals surface area contributed by atoms with Crippen LogP contribution in [-0.2, 0) is 10.0 Å². The Hall–Kier alpha value is -1.18. The topological polar surface area (TPSA) is 75.4 Å². The largest absolute Gasteiger partial charge is 0.399 e. The van der Waals surface area contributed by atoms with Gasteiger partial charge >= 0.3 is 0 Å². The number of likely N-dealkylation sites (tertiary alicyclic amines) is 1. The van der Waals surface area contributed by atoms with Gasteiger partial charge in [0.05, 0.1) is 4.90 Å². The second kappa shape index (κ2) is 6.72. The lowest BCUT2D eigenvalue weighted by molar-refractivity contribution is 0.334. The van der Waals surface area contributed by atoms with Crippen molar-refractivity contribution in [3.63, 3.8) is 0 Å². The van der Waals surface area contributed by atoms with E-state index in [0.717, 1.165) is 32.1 Å². The van der Waals surface area contributed by atoms with Crippen molar-refractivity contribution in [2.24, 2.45) is 0 Å². The van der Waals surface area contributed by atoms with Gasteiger partial charge < -0.3 is 10.6 Å². The molecule has 0 saturated carbocycles. The molecule has 5 nitrogen and oxygen atoms in total. The van der Waals surface area contributed by atoms with Gasteiger partial charge in [-0.25, -0.2) is 17.5 Å². The molecule has 0 radical (unpaired) electrons. The number of rotatable bonds is 6. The van der Waals surface area contributed by atoms with Gasteiger partial charge in [-0.15, -0.1) is 0 Å². The molecule has 2 rings (SSSR count). The summed E-state index contributed by atoms with van der Waals surface area (Å²) in [6, 6.07) is 2.42. The number of nitrogen functional groups attached to an aromatic ring is 1. The Bertz CT molecular complexity index is 598.